The first-order chi connectivity index (χ1) is 12.0. The van der Waals surface area contributed by atoms with Crippen LogP contribution in [0.5, 0.6) is 0 Å². The SMILES string of the molecule is CCCCCCCCCCCCCC(C)C(CCCC(=O)O)C(=O)O. The fraction of sp³-hybridized carbons (Fsp3) is 0.905. The lowest BCUT2D eigenvalue weighted by Crippen LogP contribution is -2.22. The van der Waals surface area contributed by atoms with Gasteiger partial charge in [-0.25, -0.2) is 0 Å². The zero-order valence-electron chi connectivity index (χ0n) is 16.5. The van der Waals surface area contributed by atoms with E-state index in [2.05, 4.69) is 6.92 Å². The smallest absolute Gasteiger partial charge is 0.306 e. The molecule has 4 nitrogen and oxygen atoms in total. The zero-order valence-corrected chi connectivity index (χ0v) is 16.5. The van der Waals surface area contributed by atoms with E-state index >= 15 is 0 Å². The zero-order chi connectivity index (χ0) is 18.9. The van der Waals surface area contributed by atoms with Crippen LogP contribution in [0.3, 0.4) is 0 Å². The topological polar surface area (TPSA) is 74.6 Å². The minimum absolute atomic E-state index is 0.0644. The van der Waals surface area contributed by atoms with Gasteiger partial charge in [0.15, 0.2) is 0 Å². The minimum Gasteiger partial charge on any atom is -0.481 e. The van der Waals surface area contributed by atoms with E-state index in [-0.39, 0.29) is 12.3 Å². The molecule has 2 atom stereocenters. The molecule has 2 unspecified atom stereocenters. The van der Waals surface area contributed by atoms with Gasteiger partial charge in [0, 0.05) is 6.42 Å². The van der Waals surface area contributed by atoms with Crippen LogP contribution in [0, 0.1) is 11.8 Å². The Labute approximate surface area is 154 Å². The van der Waals surface area contributed by atoms with Crippen LogP contribution in [-0.4, -0.2) is 22.2 Å². The van der Waals surface area contributed by atoms with Crippen molar-refractivity contribution >= 4 is 11.9 Å². The number of carboxylic acid groups (broad SMARTS) is 2. The third kappa shape index (κ3) is 14.9. The Morgan fingerprint density at radius 1 is 0.720 bits per heavy atom. The van der Waals surface area contributed by atoms with E-state index in [1.165, 1.54) is 64.2 Å². The first-order valence-electron chi connectivity index (χ1n) is 10.4. The highest BCUT2D eigenvalue weighted by Crippen LogP contribution is 2.24. The highest BCUT2D eigenvalue weighted by Gasteiger charge is 2.24. The molecule has 0 saturated carbocycles. The molecule has 0 aliphatic rings. The molecular formula is C21H40O4. The molecule has 0 rings (SSSR count). The normalized spacial score (nSPS) is 13.5. The van der Waals surface area contributed by atoms with Gasteiger partial charge in [-0.2, -0.15) is 0 Å². The van der Waals surface area contributed by atoms with Crippen molar-refractivity contribution in [2.45, 2.75) is 110 Å². The van der Waals surface area contributed by atoms with Gasteiger partial charge < -0.3 is 10.2 Å². The van der Waals surface area contributed by atoms with Crippen LogP contribution in [0.15, 0.2) is 0 Å². The summed E-state index contributed by atoms with van der Waals surface area (Å²) in [6.45, 7) is 4.24. The number of carboxylic acids is 2. The maximum Gasteiger partial charge on any atom is 0.306 e. The minimum atomic E-state index is -0.845. The lowest BCUT2D eigenvalue weighted by Gasteiger charge is -2.19. The summed E-state index contributed by atoms with van der Waals surface area (Å²) in [5.41, 5.74) is 0. The number of aliphatic carboxylic acids is 2. The fourth-order valence-electron chi connectivity index (χ4n) is 3.46. The number of carbonyl (C=O) groups is 2. The second-order valence-corrected chi connectivity index (χ2v) is 7.53. The third-order valence-electron chi connectivity index (χ3n) is 5.17. The van der Waals surface area contributed by atoms with E-state index < -0.39 is 17.9 Å². The molecule has 2 N–H and O–H groups in total. The van der Waals surface area contributed by atoms with E-state index in [1.54, 1.807) is 0 Å². The molecule has 0 saturated heterocycles. The van der Waals surface area contributed by atoms with Gasteiger partial charge in [0.25, 0.3) is 0 Å². The summed E-state index contributed by atoms with van der Waals surface area (Å²) >= 11 is 0. The van der Waals surface area contributed by atoms with E-state index in [1.807, 2.05) is 6.92 Å². The van der Waals surface area contributed by atoms with Crippen molar-refractivity contribution in [3.05, 3.63) is 0 Å². The fourth-order valence-corrected chi connectivity index (χ4v) is 3.46. The molecule has 0 aromatic heterocycles. The first kappa shape index (κ1) is 23.9. The van der Waals surface area contributed by atoms with E-state index in [0.29, 0.717) is 12.8 Å². The number of rotatable bonds is 18. The van der Waals surface area contributed by atoms with Gasteiger partial charge in [-0.05, 0) is 25.2 Å². The largest absolute Gasteiger partial charge is 0.481 e. The molecule has 0 aromatic carbocycles. The number of hydrogen-bond donors (Lipinski definition) is 2. The highest BCUT2D eigenvalue weighted by molar-refractivity contribution is 5.70. The molecule has 0 heterocycles. The second kappa shape index (κ2) is 16.4. The predicted octanol–water partition coefficient (Wildman–Crippen LogP) is 6.28. The van der Waals surface area contributed by atoms with Crippen LogP contribution in [0.25, 0.3) is 0 Å². The maximum absolute atomic E-state index is 11.4. The molecule has 0 spiro atoms. The average Bonchev–Trinajstić information content (AvgIpc) is 2.55. The van der Waals surface area contributed by atoms with Gasteiger partial charge in [-0.1, -0.05) is 84.5 Å². The molecule has 148 valence electrons. The number of hydrogen-bond acceptors (Lipinski definition) is 2. The van der Waals surface area contributed by atoms with Crippen molar-refractivity contribution in [1.29, 1.82) is 0 Å². The molecule has 0 bridgehead atoms. The second-order valence-electron chi connectivity index (χ2n) is 7.53. The van der Waals surface area contributed by atoms with Crippen molar-refractivity contribution in [1.82, 2.24) is 0 Å². The summed E-state index contributed by atoms with van der Waals surface area (Å²) in [5, 5.41) is 18.0. The summed E-state index contributed by atoms with van der Waals surface area (Å²) in [5.74, 6) is -1.89. The Morgan fingerprint density at radius 2 is 1.20 bits per heavy atom. The van der Waals surface area contributed by atoms with Crippen molar-refractivity contribution in [3.63, 3.8) is 0 Å². The Hall–Kier alpha value is -1.06. The summed E-state index contributed by atoms with van der Waals surface area (Å²) in [7, 11) is 0. The van der Waals surface area contributed by atoms with E-state index in [0.717, 1.165) is 12.8 Å². The van der Waals surface area contributed by atoms with Gasteiger partial charge >= 0.3 is 11.9 Å². The molecule has 0 radical (unpaired) electrons. The van der Waals surface area contributed by atoms with Gasteiger partial charge in [0.1, 0.15) is 0 Å². The van der Waals surface area contributed by atoms with Gasteiger partial charge in [0.2, 0.25) is 0 Å². The van der Waals surface area contributed by atoms with Crippen LogP contribution in [0.4, 0.5) is 0 Å². The quantitative estimate of drug-likeness (QED) is 0.283. The van der Waals surface area contributed by atoms with Gasteiger partial charge in [-0.15, -0.1) is 0 Å². The van der Waals surface area contributed by atoms with Crippen molar-refractivity contribution in [2.24, 2.45) is 11.8 Å². The molecule has 0 aromatic rings. The Kier molecular flexibility index (Phi) is 15.7. The maximum atomic E-state index is 11.4. The molecule has 25 heavy (non-hydrogen) atoms. The standard InChI is InChI=1S/C21H40O4/c1-3-4-5-6-7-8-9-10-11-12-13-15-18(2)19(21(24)25)16-14-17-20(22)23/h18-19H,3-17H2,1-2H3,(H,22,23)(H,24,25). The molecule has 0 amide bonds. The average molecular weight is 357 g/mol. The first-order valence-corrected chi connectivity index (χ1v) is 10.4. The molecule has 0 fully saturated rings. The third-order valence-corrected chi connectivity index (χ3v) is 5.17. The highest BCUT2D eigenvalue weighted by atomic mass is 16.4. The van der Waals surface area contributed by atoms with Gasteiger partial charge in [-0.3, -0.25) is 9.59 Å². The Morgan fingerprint density at radius 3 is 1.64 bits per heavy atom. The van der Waals surface area contributed by atoms with Crippen LogP contribution in [0.1, 0.15) is 110 Å². The summed E-state index contributed by atoms with van der Waals surface area (Å²) in [6.07, 6.45) is 16.2. The monoisotopic (exact) mass is 356 g/mol. The van der Waals surface area contributed by atoms with Crippen LogP contribution < -0.4 is 0 Å². The lowest BCUT2D eigenvalue weighted by molar-refractivity contribution is -0.144. The molecular weight excluding hydrogens is 316 g/mol. The van der Waals surface area contributed by atoms with Crippen LogP contribution >= 0.6 is 0 Å². The lowest BCUT2D eigenvalue weighted by atomic mass is 9.85. The predicted molar refractivity (Wildman–Crippen MR) is 103 cm³/mol. The van der Waals surface area contributed by atoms with Crippen LogP contribution in [0.2, 0.25) is 0 Å². The Balaban J connectivity index is 3.63. The van der Waals surface area contributed by atoms with Gasteiger partial charge in [0.05, 0.1) is 5.92 Å². The van der Waals surface area contributed by atoms with E-state index in [9.17, 15) is 14.7 Å². The molecule has 4 heteroatoms. The number of unbranched alkanes of at least 4 members (excludes halogenated alkanes) is 10. The summed E-state index contributed by atoms with van der Waals surface area (Å²) in [6, 6.07) is 0. The van der Waals surface area contributed by atoms with Crippen molar-refractivity contribution in [2.75, 3.05) is 0 Å². The molecule has 0 aliphatic carbocycles. The summed E-state index contributed by atoms with van der Waals surface area (Å²) < 4.78 is 0. The van der Waals surface area contributed by atoms with Crippen LogP contribution in [-0.2, 0) is 9.59 Å². The van der Waals surface area contributed by atoms with E-state index in [4.69, 9.17) is 5.11 Å². The Bertz CT molecular complexity index is 341. The van der Waals surface area contributed by atoms with Crippen molar-refractivity contribution in [3.8, 4) is 0 Å². The molecule has 0 aliphatic heterocycles. The van der Waals surface area contributed by atoms with Crippen molar-refractivity contribution < 1.29 is 19.8 Å². The summed E-state index contributed by atoms with van der Waals surface area (Å²) in [4.78, 5) is 21.9.